The zero-order valence-corrected chi connectivity index (χ0v) is 11.6. The second-order valence-electron chi connectivity index (χ2n) is 4.05. The van der Waals surface area contributed by atoms with Crippen LogP contribution in [0.4, 0.5) is 32.5 Å². The number of anilines is 5. The number of rotatable bonds is 4. The summed E-state index contributed by atoms with van der Waals surface area (Å²) in [4.78, 5) is 12.2. The van der Waals surface area contributed by atoms with E-state index in [9.17, 15) is 4.39 Å². The van der Waals surface area contributed by atoms with Gasteiger partial charge in [-0.15, -0.1) is 11.3 Å². The summed E-state index contributed by atoms with van der Waals surface area (Å²) in [7, 11) is 0. The van der Waals surface area contributed by atoms with Crippen molar-refractivity contribution in [1.82, 2.24) is 15.0 Å². The summed E-state index contributed by atoms with van der Waals surface area (Å²) in [5.74, 6) is 0.359. The number of aromatic nitrogens is 3. The van der Waals surface area contributed by atoms with Gasteiger partial charge in [0.25, 0.3) is 0 Å². The van der Waals surface area contributed by atoms with Gasteiger partial charge in [0, 0.05) is 11.6 Å². The molecule has 0 aliphatic rings. The number of para-hydroxylation sites is 1. The van der Waals surface area contributed by atoms with Crippen LogP contribution in [0.5, 0.6) is 0 Å². The van der Waals surface area contributed by atoms with E-state index in [2.05, 4.69) is 25.6 Å². The maximum Gasteiger partial charge on any atom is 0.188 e. The summed E-state index contributed by atoms with van der Waals surface area (Å²) in [6, 6.07) is 6.29. The van der Waals surface area contributed by atoms with Crippen LogP contribution in [0.1, 0.15) is 0 Å². The Hall–Kier alpha value is -2.74. The molecule has 21 heavy (non-hydrogen) atoms. The third-order valence-corrected chi connectivity index (χ3v) is 3.36. The Balaban J connectivity index is 1.88. The standard InChI is InChI=1S/C13H11FN6S/c14-8-3-1-2-4-9(8)19-11-10(15)12(18-7-17-11)20-13-16-5-6-21-13/h1-7H,15H2,(H2,16,17,18,19,20). The van der Waals surface area contributed by atoms with Crippen LogP contribution in [0.25, 0.3) is 0 Å². The largest absolute Gasteiger partial charge is 0.393 e. The van der Waals surface area contributed by atoms with E-state index < -0.39 is 0 Å². The molecule has 1 aromatic carbocycles. The van der Waals surface area contributed by atoms with Gasteiger partial charge >= 0.3 is 0 Å². The Morgan fingerprint density at radius 2 is 1.81 bits per heavy atom. The number of nitrogens with zero attached hydrogens (tertiary/aromatic N) is 3. The molecule has 8 heteroatoms. The first kappa shape index (κ1) is 13.3. The van der Waals surface area contributed by atoms with Gasteiger partial charge in [0.2, 0.25) is 0 Å². The molecule has 3 rings (SSSR count). The van der Waals surface area contributed by atoms with Crippen molar-refractivity contribution >= 4 is 39.5 Å². The highest BCUT2D eigenvalue weighted by molar-refractivity contribution is 7.13. The first-order chi connectivity index (χ1) is 10.2. The predicted molar refractivity (Wildman–Crippen MR) is 81.5 cm³/mol. The molecule has 0 unspecified atom stereocenters. The Kier molecular flexibility index (Phi) is 3.61. The lowest BCUT2D eigenvalue weighted by atomic mass is 10.3. The van der Waals surface area contributed by atoms with Gasteiger partial charge in [-0.3, -0.25) is 0 Å². The summed E-state index contributed by atoms with van der Waals surface area (Å²) in [5.41, 5.74) is 6.58. The van der Waals surface area contributed by atoms with E-state index in [4.69, 9.17) is 5.73 Å². The molecule has 0 fully saturated rings. The van der Waals surface area contributed by atoms with Crippen LogP contribution in [0.3, 0.4) is 0 Å². The Morgan fingerprint density at radius 3 is 2.52 bits per heavy atom. The first-order valence-corrected chi connectivity index (χ1v) is 6.90. The number of hydrogen-bond donors (Lipinski definition) is 3. The fraction of sp³-hybridized carbons (Fsp3) is 0. The average molecular weight is 302 g/mol. The molecule has 2 heterocycles. The van der Waals surface area contributed by atoms with Gasteiger partial charge in [-0.1, -0.05) is 12.1 Å². The van der Waals surface area contributed by atoms with Crippen LogP contribution < -0.4 is 16.4 Å². The zero-order valence-electron chi connectivity index (χ0n) is 10.7. The summed E-state index contributed by atoms with van der Waals surface area (Å²) in [5, 5.41) is 8.34. The van der Waals surface area contributed by atoms with Gasteiger partial charge in [0.1, 0.15) is 17.8 Å². The van der Waals surface area contributed by atoms with Gasteiger partial charge in [-0.25, -0.2) is 19.3 Å². The monoisotopic (exact) mass is 302 g/mol. The van der Waals surface area contributed by atoms with E-state index in [0.29, 0.717) is 22.5 Å². The van der Waals surface area contributed by atoms with Crippen LogP contribution in [0, 0.1) is 5.82 Å². The lowest BCUT2D eigenvalue weighted by Gasteiger charge is -2.11. The summed E-state index contributed by atoms with van der Waals surface area (Å²) in [6.45, 7) is 0. The number of hydrogen-bond acceptors (Lipinski definition) is 7. The Bertz CT molecular complexity index is 746. The third-order valence-electron chi connectivity index (χ3n) is 2.67. The highest BCUT2D eigenvalue weighted by Crippen LogP contribution is 2.29. The van der Waals surface area contributed by atoms with Crippen molar-refractivity contribution in [2.75, 3.05) is 16.4 Å². The SMILES string of the molecule is Nc1c(Nc2nccs2)ncnc1Nc1ccccc1F. The molecule has 0 aliphatic carbocycles. The number of nitrogens with two attached hydrogens (primary N) is 1. The molecule has 0 atom stereocenters. The quantitative estimate of drug-likeness (QED) is 0.686. The van der Waals surface area contributed by atoms with Crippen LogP contribution in [-0.2, 0) is 0 Å². The molecule has 0 radical (unpaired) electrons. The molecule has 106 valence electrons. The zero-order chi connectivity index (χ0) is 14.7. The van der Waals surface area contributed by atoms with Crippen molar-refractivity contribution in [3.8, 4) is 0 Å². The van der Waals surface area contributed by atoms with E-state index in [1.165, 1.54) is 23.7 Å². The van der Waals surface area contributed by atoms with E-state index in [1.807, 2.05) is 5.38 Å². The third kappa shape index (κ3) is 2.90. The van der Waals surface area contributed by atoms with Crippen molar-refractivity contribution in [3.05, 3.63) is 48.0 Å². The topological polar surface area (TPSA) is 88.8 Å². The number of nitrogen functional groups attached to an aromatic ring is 1. The molecule has 3 aromatic rings. The molecule has 2 aromatic heterocycles. The molecule has 0 saturated carbocycles. The van der Waals surface area contributed by atoms with Gasteiger partial charge in [0.05, 0.1) is 5.69 Å². The molecular weight excluding hydrogens is 291 g/mol. The van der Waals surface area contributed by atoms with Gasteiger partial charge < -0.3 is 16.4 Å². The van der Waals surface area contributed by atoms with Crippen molar-refractivity contribution < 1.29 is 4.39 Å². The fourth-order valence-corrected chi connectivity index (χ4v) is 2.20. The smallest absolute Gasteiger partial charge is 0.188 e. The van der Waals surface area contributed by atoms with Gasteiger partial charge in [-0.05, 0) is 12.1 Å². The lowest BCUT2D eigenvalue weighted by Crippen LogP contribution is -2.05. The Labute approximate surface area is 123 Å². The van der Waals surface area contributed by atoms with E-state index in [1.54, 1.807) is 24.4 Å². The molecule has 0 spiro atoms. The van der Waals surface area contributed by atoms with Crippen LogP contribution in [0.2, 0.25) is 0 Å². The normalized spacial score (nSPS) is 10.3. The number of halogens is 1. The molecule has 0 amide bonds. The molecule has 0 saturated heterocycles. The maximum absolute atomic E-state index is 13.6. The minimum absolute atomic E-state index is 0.288. The highest BCUT2D eigenvalue weighted by Gasteiger charge is 2.11. The lowest BCUT2D eigenvalue weighted by molar-refractivity contribution is 0.632. The average Bonchev–Trinajstić information content (AvgIpc) is 2.98. The summed E-state index contributed by atoms with van der Waals surface area (Å²) < 4.78 is 13.6. The second kappa shape index (κ2) is 5.71. The Morgan fingerprint density at radius 1 is 1.05 bits per heavy atom. The van der Waals surface area contributed by atoms with Crippen molar-refractivity contribution in [3.63, 3.8) is 0 Å². The number of benzene rings is 1. The van der Waals surface area contributed by atoms with Crippen LogP contribution in [-0.4, -0.2) is 15.0 Å². The van der Waals surface area contributed by atoms with Gasteiger partial charge in [-0.2, -0.15) is 0 Å². The summed E-state index contributed by atoms with van der Waals surface area (Å²) in [6.07, 6.45) is 3.01. The van der Waals surface area contributed by atoms with Crippen molar-refractivity contribution in [2.45, 2.75) is 0 Å². The molecule has 6 nitrogen and oxygen atoms in total. The van der Waals surface area contributed by atoms with Crippen molar-refractivity contribution in [1.29, 1.82) is 0 Å². The first-order valence-electron chi connectivity index (χ1n) is 6.02. The maximum atomic E-state index is 13.6. The van der Waals surface area contributed by atoms with E-state index >= 15 is 0 Å². The summed E-state index contributed by atoms with van der Waals surface area (Å²) >= 11 is 1.42. The minimum atomic E-state index is -0.384. The van der Waals surface area contributed by atoms with Gasteiger partial charge in [0.15, 0.2) is 16.8 Å². The fourth-order valence-electron chi connectivity index (χ4n) is 1.67. The molecule has 4 N–H and O–H groups in total. The van der Waals surface area contributed by atoms with E-state index in [-0.39, 0.29) is 11.5 Å². The highest BCUT2D eigenvalue weighted by atomic mass is 32.1. The second-order valence-corrected chi connectivity index (χ2v) is 4.95. The van der Waals surface area contributed by atoms with Crippen molar-refractivity contribution in [2.24, 2.45) is 0 Å². The molecule has 0 bridgehead atoms. The minimum Gasteiger partial charge on any atom is -0.393 e. The molecule has 0 aliphatic heterocycles. The predicted octanol–water partition coefficient (Wildman–Crippen LogP) is 3.14. The van der Waals surface area contributed by atoms with Crippen LogP contribution >= 0.6 is 11.3 Å². The number of thiazole rings is 1. The van der Waals surface area contributed by atoms with E-state index in [0.717, 1.165) is 0 Å². The van der Waals surface area contributed by atoms with Crippen LogP contribution in [0.15, 0.2) is 42.2 Å². The number of nitrogens with one attached hydrogen (secondary N) is 2. The molecular formula is C13H11FN6S.